The molecule has 3 rings (SSSR count). The van der Waals surface area contributed by atoms with Gasteiger partial charge in [0.15, 0.2) is 0 Å². The van der Waals surface area contributed by atoms with Crippen molar-refractivity contribution in [2.45, 2.75) is 34.0 Å². The molecule has 3 aromatic rings. The van der Waals surface area contributed by atoms with Crippen LogP contribution in [0.2, 0.25) is 0 Å². The predicted octanol–water partition coefficient (Wildman–Crippen LogP) is 6.83. The maximum atomic E-state index is 15.2. The van der Waals surface area contributed by atoms with Gasteiger partial charge in [0.1, 0.15) is 23.1 Å². The first-order valence-electron chi connectivity index (χ1n) is 10.2. The second-order valence-corrected chi connectivity index (χ2v) is 11.3. The summed E-state index contributed by atoms with van der Waals surface area (Å²) in [6.07, 6.45) is 0. The van der Waals surface area contributed by atoms with Crippen molar-refractivity contribution < 1.29 is 43.5 Å². The lowest BCUT2D eigenvalue weighted by atomic mass is 10.3. The van der Waals surface area contributed by atoms with Crippen LogP contribution in [0.15, 0.2) is 81.4 Å². The van der Waals surface area contributed by atoms with Crippen LogP contribution < -0.4 is 9.47 Å². The summed E-state index contributed by atoms with van der Waals surface area (Å²) < 4.78 is 110. The van der Waals surface area contributed by atoms with E-state index in [0.717, 1.165) is 12.1 Å². The Bertz CT molecular complexity index is 1210. The fourth-order valence-electron chi connectivity index (χ4n) is 3.17. The number of hydrogen-bond acceptors (Lipinski definition) is 5. The van der Waals surface area contributed by atoms with Gasteiger partial charge in [-0.3, -0.25) is 0 Å². The number of benzene rings is 3. The van der Waals surface area contributed by atoms with E-state index in [4.69, 9.17) is 13.1 Å². The third-order valence-corrected chi connectivity index (χ3v) is 9.53. The lowest BCUT2D eigenvalue weighted by Gasteiger charge is -2.39. The first kappa shape index (κ1) is 26.8. The smallest absolute Gasteiger partial charge is 0.494 e. The summed E-state index contributed by atoms with van der Waals surface area (Å²) >= 11 is 0. The molecule has 0 amide bonds. The lowest BCUT2D eigenvalue weighted by molar-refractivity contribution is -0.0496. The van der Waals surface area contributed by atoms with E-state index in [1.165, 1.54) is 48.5 Å². The molecule has 35 heavy (non-hydrogen) atoms. The first-order valence-corrected chi connectivity index (χ1v) is 13.2. The average Bonchev–Trinajstić information content (AvgIpc) is 2.78. The zero-order chi connectivity index (χ0) is 25.9. The summed E-state index contributed by atoms with van der Waals surface area (Å²) in [7, 11) is -10.2. The lowest BCUT2D eigenvalue weighted by Crippen LogP contribution is -2.27. The highest BCUT2D eigenvalue weighted by molar-refractivity contribution is 8.33. The molecule has 0 atom stereocenters. The van der Waals surface area contributed by atoms with E-state index in [9.17, 15) is 26.0 Å². The van der Waals surface area contributed by atoms with Gasteiger partial charge in [0.2, 0.25) is 0 Å². The predicted molar refractivity (Wildman–Crippen MR) is 120 cm³/mol. The molecule has 0 aliphatic rings. The Morgan fingerprint density at radius 1 is 0.743 bits per heavy atom. The fraction of sp³-hybridized carbons (Fsp3) is 0.217. The van der Waals surface area contributed by atoms with E-state index >= 15 is 4.39 Å². The number of alkyl halides is 3. The minimum atomic E-state index is -6.25. The van der Waals surface area contributed by atoms with Crippen molar-refractivity contribution in [2.75, 3.05) is 13.2 Å². The van der Waals surface area contributed by atoms with Crippen LogP contribution in [0.4, 0.5) is 22.0 Å². The number of ether oxygens (including phenoxy) is 2. The second-order valence-electron chi connectivity index (χ2n) is 6.91. The largest absolute Gasteiger partial charge is 0.524 e. The maximum absolute atomic E-state index is 15.2. The molecule has 0 fully saturated rings. The van der Waals surface area contributed by atoms with Crippen molar-refractivity contribution in [3.63, 3.8) is 0 Å². The summed E-state index contributed by atoms with van der Waals surface area (Å²) in [6.45, 7) is 4.02. The highest BCUT2D eigenvalue weighted by Crippen LogP contribution is 2.71. The zero-order valence-corrected chi connectivity index (χ0v) is 20.1. The van der Waals surface area contributed by atoms with E-state index in [-0.39, 0.29) is 9.79 Å². The normalized spacial score (nSPS) is 12.9. The summed E-state index contributed by atoms with van der Waals surface area (Å²) in [5.41, 5.74) is -5.81. The van der Waals surface area contributed by atoms with Crippen LogP contribution in [-0.4, -0.2) is 27.1 Å². The monoisotopic (exact) mass is 536 g/mol. The van der Waals surface area contributed by atoms with Gasteiger partial charge in [0.25, 0.3) is 0 Å². The van der Waals surface area contributed by atoms with Crippen LogP contribution in [0.25, 0.3) is 0 Å². The number of rotatable bonds is 9. The molecule has 0 unspecified atom stereocenters. The van der Waals surface area contributed by atoms with E-state index < -0.39 is 42.5 Å². The molecule has 3 aromatic carbocycles. The molecule has 0 heterocycles. The van der Waals surface area contributed by atoms with E-state index in [0.29, 0.717) is 30.8 Å². The molecule has 0 aliphatic heterocycles. The third-order valence-electron chi connectivity index (χ3n) is 4.61. The Morgan fingerprint density at radius 3 is 1.57 bits per heavy atom. The van der Waals surface area contributed by atoms with Gasteiger partial charge in [-0.15, -0.1) is 0 Å². The Balaban J connectivity index is 2.39. The summed E-state index contributed by atoms with van der Waals surface area (Å²) in [5.74, 6) is -1.60. The van der Waals surface area contributed by atoms with Crippen LogP contribution in [0.1, 0.15) is 13.8 Å². The second kappa shape index (κ2) is 10.4. The van der Waals surface area contributed by atoms with Crippen LogP contribution in [0, 0.1) is 11.6 Å². The third kappa shape index (κ3) is 5.54. The zero-order valence-electron chi connectivity index (χ0n) is 18.5. The van der Waals surface area contributed by atoms with Gasteiger partial charge >= 0.3 is 15.6 Å². The minimum Gasteiger partial charge on any atom is -0.494 e. The molecule has 0 aliphatic carbocycles. The molecule has 5 nitrogen and oxygen atoms in total. The van der Waals surface area contributed by atoms with Gasteiger partial charge in [-0.1, -0.05) is 0 Å². The van der Waals surface area contributed by atoms with Gasteiger partial charge in [0.05, 0.1) is 18.1 Å². The minimum absolute atomic E-state index is 0.0940. The molecule has 0 bridgehead atoms. The Hall–Kier alpha value is -2.83. The molecule has 12 heteroatoms. The molecule has 0 aromatic heterocycles. The van der Waals surface area contributed by atoms with E-state index in [1.54, 1.807) is 13.8 Å². The Labute approximate surface area is 201 Å². The van der Waals surface area contributed by atoms with Gasteiger partial charge in [-0.25, -0.2) is 8.78 Å². The van der Waals surface area contributed by atoms with Crippen LogP contribution >= 0.6 is 10.3 Å². The molecule has 0 N–H and O–H groups in total. The summed E-state index contributed by atoms with van der Waals surface area (Å²) in [4.78, 5) is -0.757. The van der Waals surface area contributed by atoms with Crippen LogP contribution in [-0.2, 0) is 13.7 Å². The van der Waals surface area contributed by atoms with Gasteiger partial charge < -0.3 is 9.47 Å². The van der Waals surface area contributed by atoms with Crippen molar-refractivity contribution >= 4 is 20.4 Å². The van der Waals surface area contributed by atoms with Crippen molar-refractivity contribution in [3.8, 4) is 11.5 Å². The highest BCUT2D eigenvalue weighted by atomic mass is 32.3. The van der Waals surface area contributed by atoms with Crippen LogP contribution in [0.5, 0.6) is 11.5 Å². The molecular formula is C23H21F5O5S2. The number of halogens is 5. The standard InChI is InChI=1S/C23H21F5O5S2/c1-3-31-17-6-10-19(11-7-17)34(33-35(29,30)23(26,27)28,22-14-5-16(24)15-21(22)25)20-12-8-18(9-13-20)32-4-2/h5-15H,3-4H2,1-2H3. The molecule has 0 saturated carbocycles. The van der Waals surface area contributed by atoms with Crippen molar-refractivity contribution in [1.82, 2.24) is 0 Å². The fourth-order valence-corrected chi connectivity index (χ4v) is 7.89. The van der Waals surface area contributed by atoms with Crippen molar-refractivity contribution in [1.29, 1.82) is 0 Å². The van der Waals surface area contributed by atoms with Crippen LogP contribution in [0.3, 0.4) is 0 Å². The molecule has 0 saturated heterocycles. The average molecular weight is 537 g/mol. The van der Waals surface area contributed by atoms with Gasteiger partial charge in [-0.2, -0.15) is 25.2 Å². The first-order chi connectivity index (χ1) is 16.4. The van der Waals surface area contributed by atoms with E-state index in [2.05, 4.69) is 0 Å². The van der Waals surface area contributed by atoms with Crippen molar-refractivity contribution in [3.05, 3.63) is 78.4 Å². The van der Waals surface area contributed by atoms with Gasteiger partial charge in [-0.05, 0) is 84.8 Å². The SMILES string of the molecule is CCOc1ccc(S(OS(=O)(=O)C(F)(F)F)(c2ccc(OCC)cc2)c2ccc(F)cc2F)cc1. The molecular weight excluding hydrogens is 515 g/mol. The molecule has 0 radical (unpaired) electrons. The summed E-state index contributed by atoms with van der Waals surface area (Å²) in [5, 5.41) is 0. The number of hydrogen-bond donors (Lipinski definition) is 0. The maximum Gasteiger partial charge on any atom is 0.524 e. The topological polar surface area (TPSA) is 61.8 Å². The van der Waals surface area contributed by atoms with Crippen molar-refractivity contribution in [2.24, 2.45) is 0 Å². The highest BCUT2D eigenvalue weighted by Gasteiger charge is 2.53. The van der Waals surface area contributed by atoms with E-state index in [1.807, 2.05) is 0 Å². The Kier molecular flexibility index (Phi) is 7.97. The van der Waals surface area contributed by atoms with Gasteiger partial charge in [0, 0.05) is 15.9 Å². The molecule has 190 valence electrons. The molecule has 0 spiro atoms. The summed E-state index contributed by atoms with van der Waals surface area (Å²) in [6, 6.07) is 12.8. The Morgan fingerprint density at radius 2 is 1.20 bits per heavy atom. The quantitative estimate of drug-likeness (QED) is 0.222.